The van der Waals surface area contributed by atoms with Crippen LogP contribution in [0, 0.1) is 10.1 Å². The molecule has 22 heavy (non-hydrogen) atoms. The summed E-state index contributed by atoms with van der Waals surface area (Å²) in [7, 11) is 1.32. The molecular weight excluding hydrogens is 362 g/mol. The summed E-state index contributed by atoms with van der Waals surface area (Å²) in [5.41, 5.74) is -0.397. The van der Waals surface area contributed by atoms with Gasteiger partial charge in [-0.2, -0.15) is 0 Å². The van der Waals surface area contributed by atoms with Crippen LogP contribution in [-0.2, 0) is 9.53 Å². The third-order valence-corrected chi connectivity index (χ3v) is 3.17. The zero-order valence-electron chi connectivity index (χ0n) is 11.6. The Morgan fingerprint density at radius 1 is 1.36 bits per heavy atom. The third-order valence-electron chi connectivity index (χ3n) is 2.50. The van der Waals surface area contributed by atoms with Crippen LogP contribution in [0.3, 0.4) is 0 Å². The number of hydrogen-bond acceptors (Lipinski definition) is 6. The van der Waals surface area contributed by atoms with Crippen molar-refractivity contribution >= 4 is 39.5 Å². The number of nitro groups is 1. The van der Waals surface area contributed by atoms with Gasteiger partial charge in [0.1, 0.15) is 0 Å². The average molecular weight is 374 g/mol. The van der Waals surface area contributed by atoms with Gasteiger partial charge in [-0.25, -0.2) is 9.59 Å². The summed E-state index contributed by atoms with van der Waals surface area (Å²) in [6.07, 6.45) is -1.24. The number of nitrogens with zero attached hydrogens (tertiary/aromatic N) is 1. The van der Waals surface area contributed by atoms with Crippen molar-refractivity contribution in [3.63, 3.8) is 0 Å². The van der Waals surface area contributed by atoms with E-state index < -0.39 is 28.9 Å². The lowest BCUT2D eigenvalue weighted by molar-refractivity contribution is -0.385. The molecule has 118 valence electrons. The van der Waals surface area contributed by atoms with Crippen LogP contribution in [-0.4, -0.2) is 36.0 Å². The number of halogens is 1. The van der Waals surface area contributed by atoms with Crippen molar-refractivity contribution in [2.75, 3.05) is 7.05 Å². The molecule has 0 aliphatic heterocycles. The summed E-state index contributed by atoms with van der Waals surface area (Å²) in [6, 6.07) is 2.91. The first-order valence-electron chi connectivity index (χ1n) is 5.93. The molecule has 0 bridgehead atoms. The lowest BCUT2D eigenvalue weighted by Crippen LogP contribution is -2.43. The van der Waals surface area contributed by atoms with E-state index in [1.54, 1.807) is 0 Å². The van der Waals surface area contributed by atoms with E-state index in [2.05, 4.69) is 21.2 Å². The number of nitro benzene ring substituents is 1. The minimum absolute atomic E-state index is 0.0884. The second kappa shape index (κ2) is 7.50. The zero-order valence-corrected chi connectivity index (χ0v) is 13.2. The van der Waals surface area contributed by atoms with Gasteiger partial charge in [0.15, 0.2) is 6.10 Å². The summed E-state index contributed by atoms with van der Waals surface area (Å²) in [4.78, 5) is 44.5. The molecule has 0 aromatic heterocycles. The van der Waals surface area contributed by atoms with Gasteiger partial charge in [0, 0.05) is 13.1 Å². The molecular formula is C12H12BrN3O6. The van der Waals surface area contributed by atoms with Gasteiger partial charge < -0.3 is 10.1 Å². The van der Waals surface area contributed by atoms with E-state index in [-0.39, 0.29) is 15.7 Å². The fourth-order valence-electron chi connectivity index (χ4n) is 1.34. The highest BCUT2D eigenvalue weighted by Gasteiger charge is 2.22. The first-order valence-corrected chi connectivity index (χ1v) is 6.73. The quantitative estimate of drug-likeness (QED) is 0.465. The minimum Gasteiger partial charge on any atom is -0.449 e. The standard InChI is InChI=1S/C12H12BrN3O6/c1-6(10(17)15-12(19)14-2)22-11(18)7-3-4-8(13)9(5-7)16(20)21/h3-6H,1-2H3,(H2,14,15,17,19)/t6-/m1/s1. The SMILES string of the molecule is CNC(=O)NC(=O)[C@@H](C)OC(=O)c1ccc(Br)c([N+](=O)[O-])c1. The molecule has 1 aromatic carbocycles. The Morgan fingerprint density at radius 3 is 2.55 bits per heavy atom. The molecule has 0 fully saturated rings. The molecule has 3 amide bonds. The molecule has 10 heteroatoms. The average Bonchev–Trinajstić information content (AvgIpc) is 2.46. The molecule has 9 nitrogen and oxygen atoms in total. The number of carbonyl (C=O) groups excluding carboxylic acids is 3. The second-order valence-electron chi connectivity index (χ2n) is 4.04. The number of ether oxygens (including phenoxy) is 1. The van der Waals surface area contributed by atoms with Crippen LogP contribution in [0.25, 0.3) is 0 Å². The Balaban J connectivity index is 2.81. The van der Waals surface area contributed by atoms with E-state index in [0.29, 0.717) is 0 Å². The van der Waals surface area contributed by atoms with E-state index in [4.69, 9.17) is 4.74 Å². The molecule has 0 saturated carbocycles. The van der Waals surface area contributed by atoms with Crippen molar-refractivity contribution in [1.29, 1.82) is 0 Å². The molecule has 0 heterocycles. The van der Waals surface area contributed by atoms with Crippen LogP contribution < -0.4 is 10.6 Å². The van der Waals surface area contributed by atoms with Gasteiger partial charge in [-0.05, 0) is 35.0 Å². The number of imide groups is 1. The monoisotopic (exact) mass is 373 g/mol. The van der Waals surface area contributed by atoms with E-state index in [1.165, 1.54) is 26.1 Å². The Morgan fingerprint density at radius 2 is 2.00 bits per heavy atom. The molecule has 0 aliphatic rings. The molecule has 0 saturated heterocycles. The number of esters is 1. The predicted octanol–water partition coefficient (Wildman–Crippen LogP) is 1.36. The van der Waals surface area contributed by atoms with Crippen LogP contribution >= 0.6 is 15.9 Å². The normalized spacial score (nSPS) is 11.2. The maximum atomic E-state index is 11.9. The maximum Gasteiger partial charge on any atom is 0.339 e. The van der Waals surface area contributed by atoms with Gasteiger partial charge >= 0.3 is 12.0 Å². The first kappa shape index (κ1) is 17.6. The number of amides is 3. The van der Waals surface area contributed by atoms with E-state index in [9.17, 15) is 24.5 Å². The summed E-state index contributed by atoms with van der Waals surface area (Å²) in [5.74, 6) is -1.74. The summed E-state index contributed by atoms with van der Waals surface area (Å²) in [6.45, 7) is 1.27. The van der Waals surface area contributed by atoms with Gasteiger partial charge in [0.25, 0.3) is 11.6 Å². The smallest absolute Gasteiger partial charge is 0.339 e. The zero-order chi connectivity index (χ0) is 16.9. The minimum atomic E-state index is -1.24. The van der Waals surface area contributed by atoms with E-state index in [1.807, 2.05) is 5.32 Å². The molecule has 0 aliphatic carbocycles. The van der Waals surface area contributed by atoms with Crippen molar-refractivity contribution in [3.8, 4) is 0 Å². The molecule has 0 unspecified atom stereocenters. The van der Waals surface area contributed by atoms with E-state index >= 15 is 0 Å². The largest absolute Gasteiger partial charge is 0.449 e. The number of nitrogens with one attached hydrogen (secondary N) is 2. The van der Waals surface area contributed by atoms with Crippen LogP contribution in [0.5, 0.6) is 0 Å². The lowest BCUT2D eigenvalue weighted by atomic mass is 10.2. The Bertz CT molecular complexity index is 633. The van der Waals surface area contributed by atoms with Crippen molar-refractivity contribution in [2.45, 2.75) is 13.0 Å². The maximum absolute atomic E-state index is 11.9. The Labute approximate surface area is 133 Å². The highest BCUT2D eigenvalue weighted by atomic mass is 79.9. The Kier molecular flexibility index (Phi) is 5.99. The highest BCUT2D eigenvalue weighted by Crippen LogP contribution is 2.26. The van der Waals surface area contributed by atoms with Gasteiger partial charge in [0.2, 0.25) is 0 Å². The lowest BCUT2D eigenvalue weighted by Gasteiger charge is -2.12. The number of urea groups is 1. The van der Waals surface area contributed by atoms with Gasteiger partial charge in [-0.3, -0.25) is 20.2 Å². The van der Waals surface area contributed by atoms with Crippen molar-refractivity contribution < 1.29 is 24.0 Å². The number of rotatable bonds is 4. The molecule has 2 N–H and O–H groups in total. The van der Waals surface area contributed by atoms with Crippen LogP contribution in [0.15, 0.2) is 22.7 Å². The summed E-state index contributed by atoms with van der Waals surface area (Å²) < 4.78 is 5.06. The molecule has 0 spiro atoms. The fourth-order valence-corrected chi connectivity index (χ4v) is 1.73. The molecule has 1 atom stereocenters. The van der Waals surface area contributed by atoms with Crippen molar-refractivity contribution in [2.24, 2.45) is 0 Å². The van der Waals surface area contributed by atoms with Crippen molar-refractivity contribution in [3.05, 3.63) is 38.3 Å². The van der Waals surface area contributed by atoms with Gasteiger partial charge in [-0.1, -0.05) is 0 Å². The topological polar surface area (TPSA) is 128 Å². The molecule has 1 aromatic rings. The second-order valence-corrected chi connectivity index (χ2v) is 4.89. The molecule has 0 radical (unpaired) electrons. The van der Waals surface area contributed by atoms with Gasteiger partial charge in [-0.15, -0.1) is 0 Å². The van der Waals surface area contributed by atoms with Crippen LogP contribution in [0.1, 0.15) is 17.3 Å². The number of hydrogen-bond donors (Lipinski definition) is 2. The first-order chi connectivity index (χ1) is 10.3. The summed E-state index contributed by atoms with van der Waals surface area (Å²) in [5, 5.41) is 14.9. The predicted molar refractivity (Wildman–Crippen MR) is 78.3 cm³/mol. The summed E-state index contributed by atoms with van der Waals surface area (Å²) >= 11 is 2.99. The highest BCUT2D eigenvalue weighted by molar-refractivity contribution is 9.10. The van der Waals surface area contributed by atoms with Crippen LogP contribution in [0.2, 0.25) is 0 Å². The van der Waals surface area contributed by atoms with Crippen LogP contribution in [0.4, 0.5) is 10.5 Å². The van der Waals surface area contributed by atoms with Crippen molar-refractivity contribution in [1.82, 2.24) is 10.6 Å². The Hall–Kier alpha value is -2.49. The van der Waals surface area contributed by atoms with E-state index in [0.717, 1.165) is 6.07 Å². The number of benzene rings is 1. The van der Waals surface area contributed by atoms with Gasteiger partial charge in [0.05, 0.1) is 15.0 Å². The third kappa shape index (κ3) is 4.52. The number of carbonyl (C=O) groups is 3. The fraction of sp³-hybridized carbons (Fsp3) is 0.250. The molecule has 1 rings (SSSR count).